The maximum Gasteiger partial charge on any atom is 0.234 e. The predicted octanol–water partition coefficient (Wildman–Crippen LogP) is 3.06. The molecule has 0 bridgehead atoms. The molecule has 0 N–H and O–H groups in total. The summed E-state index contributed by atoms with van der Waals surface area (Å²) >= 11 is 6.10. The lowest BCUT2D eigenvalue weighted by Crippen LogP contribution is -1.85. The van der Waals surface area contributed by atoms with Gasteiger partial charge in [0, 0.05) is 24.2 Å². The van der Waals surface area contributed by atoms with Crippen LogP contribution in [0, 0.1) is 0 Å². The second-order valence-corrected chi connectivity index (χ2v) is 4.21. The monoisotopic (exact) mass is 259 g/mol. The maximum absolute atomic E-state index is 6.10. The number of hydrogen-bond donors (Lipinski definition) is 0. The van der Waals surface area contributed by atoms with Crippen molar-refractivity contribution in [1.82, 2.24) is 14.4 Å². The summed E-state index contributed by atoms with van der Waals surface area (Å²) in [6.07, 6.45) is 5.54. The third-order valence-corrected chi connectivity index (χ3v) is 2.98. The molecule has 3 aromatic rings. The van der Waals surface area contributed by atoms with Crippen molar-refractivity contribution in [2.75, 3.05) is 7.11 Å². The number of methoxy groups -OCH3 is 1. The van der Waals surface area contributed by atoms with E-state index < -0.39 is 0 Å². The molecule has 0 aliphatic rings. The summed E-state index contributed by atoms with van der Waals surface area (Å²) in [6, 6.07) is 7.45. The zero-order chi connectivity index (χ0) is 12.5. The smallest absolute Gasteiger partial charge is 0.234 e. The number of halogens is 1. The van der Waals surface area contributed by atoms with Crippen LogP contribution in [0.25, 0.3) is 17.0 Å². The van der Waals surface area contributed by atoms with E-state index in [-0.39, 0.29) is 0 Å². The number of nitrogens with zero attached hydrogens (tertiary/aromatic N) is 3. The zero-order valence-corrected chi connectivity index (χ0v) is 10.4. The Morgan fingerprint density at radius 1 is 1.33 bits per heavy atom. The van der Waals surface area contributed by atoms with E-state index in [2.05, 4.69) is 9.97 Å². The Kier molecular flexibility index (Phi) is 2.64. The molecule has 0 aliphatic carbocycles. The molecule has 1 aromatic carbocycles. The van der Waals surface area contributed by atoms with Gasteiger partial charge in [0.05, 0.1) is 17.8 Å². The fraction of sp³-hybridized carbons (Fsp3) is 0.0769. The molecular formula is C13H10ClN3O. The first-order chi connectivity index (χ1) is 8.78. The average molecular weight is 260 g/mol. The topological polar surface area (TPSA) is 39.4 Å². The summed E-state index contributed by atoms with van der Waals surface area (Å²) in [5.41, 5.74) is 1.77. The Morgan fingerprint density at radius 3 is 2.94 bits per heavy atom. The van der Waals surface area contributed by atoms with Crippen LogP contribution in [0.5, 0.6) is 5.75 Å². The molecule has 0 aliphatic heterocycles. The fourth-order valence-electron chi connectivity index (χ4n) is 1.79. The molecule has 2 heterocycles. The van der Waals surface area contributed by atoms with Gasteiger partial charge in [0.25, 0.3) is 0 Å². The number of rotatable bonds is 2. The van der Waals surface area contributed by atoms with E-state index in [1.54, 1.807) is 13.3 Å². The molecule has 0 spiro atoms. The lowest BCUT2D eigenvalue weighted by molar-refractivity contribution is 0.415. The summed E-state index contributed by atoms with van der Waals surface area (Å²) < 4.78 is 6.99. The summed E-state index contributed by atoms with van der Waals surface area (Å²) in [6.45, 7) is 0. The van der Waals surface area contributed by atoms with Gasteiger partial charge in [-0.1, -0.05) is 11.6 Å². The van der Waals surface area contributed by atoms with Crippen molar-refractivity contribution in [3.63, 3.8) is 0 Å². The Bertz CT molecular complexity index is 675. The summed E-state index contributed by atoms with van der Waals surface area (Å²) in [7, 11) is 1.59. The highest BCUT2D eigenvalue weighted by molar-refractivity contribution is 6.32. The molecular weight excluding hydrogens is 250 g/mol. The molecule has 0 amide bonds. The van der Waals surface area contributed by atoms with Gasteiger partial charge in [-0.15, -0.1) is 0 Å². The second kappa shape index (κ2) is 4.31. The molecule has 0 radical (unpaired) electrons. The van der Waals surface area contributed by atoms with Gasteiger partial charge in [0.15, 0.2) is 0 Å². The van der Waals surface area contributed by atoms with Gasteiger partial charge in [0.2, 0.25) is 5.78 Å². The molecule has 90 valence electrons. The number of ether oxygens (including phenoxy) is 1. The minimum atomic E-state index is 0.569. The standard InChI is InChI=1S/C13H10ClN3O/c1-18-12-4-3-9(7-10(12)14)11-8-17-6-2-5-15-13(17)16-11/h2-8H,1H3. The van der Waals surface area contributed by atoms with Crippen molar-refractivity contribution in [1.29, 1.82) is 0 Å². The second-order valence-electron chi connectivity index (χ2n) is 3.80. The Labute approximate surface area is 109 Å². The van der Waals surface area contributed by atoms with Crippen molar-refractivity contribution in [3.8, 4) is 17.0 Å². The van der Waals surface area contributed by atoms with E-state index in [0.717, 1.165) is 11.3 Å². The predicted molar refractivity (Wildman–Crippen MR) is 70.0 cm³/mol. The highest BCUT2D eigenvalue weighted by Crippen LogP contribution is 2.29. The SMILES string of the molecule is COc1ccc(-c2cn3cccnc3n2)cc1Cl. The van der Waals surface area contributed by atoms with Gasteiger partial charge < -0.3 is 4.74 Å². The van der Waals surface area contributed by atoms with Gasteiger partial charge in [0.1, 0.15) is 5.75 Å². The van der Waals surface area contributed by atoms with Crippen molar-refractivity contribution < 1.29 is 4.74 Å². The number of fused-ring (bicyclic) bond motifs is 1. The summed E-state index contributed by atoms with van der Waals surface area (Å²) in [5.74, 6) is 1.32. The average Bonchev–Trinajstić information content (AvgIpc) is 2.82. The Morgan fingerprint density at radius 2 is 2.22 bits per heavy atom. The Hall–Kier alpha value is -2.07. The van der Waals surface area contributed by atoms with Gasteiger partial charge in [-0.2, -0.15) is 0 Å². The Balaban J connectivity index is 2.11. The van der Waals surface area contributed by atoms with Crippen LogP contribution in [0.4, 0.5) is 0 Å². The van der Waals surface area contributed by atoms with Gasteiger partial charge in [-0.05, 0) is 24.3 Å². The highest BCUT2D eigenvalue weighted by Gasteiger charge is 2.07. The molecule has 2 aromatic heterocycles. The maximum atomic E-state index is 6.10. The minimum absolute atomic E-state index is 0.569. The van der Waals surface area contributed by atoms with Crippen molar-refractivity contribution in [2.24, 2.45) is 0 Å². The third-order valence-electron chi connectivity index (χ3n) is 2.68. The van der Waals surface area contributed by atoms with E-state index >= 15 is 0 Å². The lowest BCUT2D eigenvalue weighted by atomic mass is 10.1. The van der Waals surface area contributed by atoms with Crippen LogP contribution in [0.1, 0.15) is 0 Å². The van der Waals surface area contributed by atoms with Crippen LogP contribution in [0.15, 0.2) is 42.9 Å². The normalized spacial score (nSPS) is 10.8. The zero-order valence-electron chi connectivity index (χ0n) is 9.67. The quantitative estimate of drug-likeness (QED) is 0.710. The van der Waals surface area contributed by atoms with Crippen LogP contribution in [0.2, 0.25) is 5.02 Å². The molecule has 0 saturated heterocycles. The molecule has 18 heavy (non-hydrogen) atoms. The third kappa shape index (κ3) is 1.80. The van der Waals surface area contributed by atoms with E-state index in [0.29, 0.717) is 16.5 Å². The van der Waals surface area contributed by atoms with Crippen molar-refractivity contribution in [2.45, 2.75) is 0 Å². The van der Waals surface area contributed by atoms with Crippen molar-refractivity contribution in [3.05, 3.63) is 47.9 Å². The number of imidazole rings is 1. The van der Waals surface area contributed by atoms with Gasteiger partial charge >= 0.3 is 0 Å². The highest BCUT2D eigenvalue weighted by atomic mass is 35.5. The molecule has 0 fully saturated rings. The summed E-state index contributed by atoms with van der Waals surface area (Å²) in [4.78, 5) is 8.61. The number of aromatic nitrogens is 3. The molecule has 0 atom stereocenters. The first-order valence-corrected chi connectivity index (χ1v) is 5.79. The first kappa shape index (κ1) is 11.0. The van der Waals surface area contributed by atoms with E-state index in [1.807, 2.05) is 41.1 Å². The number of benzene rings is 1. The van der Waals surface area contributed by atoms with E-state index in [9.17, 15) is 0 Å². The number of hydrogen-bond acceptors (Lipinski definition) is 3. The minimum Gasteiger partial charge on any atom is -0.495 e. The molecule has 3 rings (SSSR count). The van der Waals surface area contributed by atoms with Crippen LogP contribution in [-0.2, 0) is 0 Å². The molecule has 0 saturated carbocycles. The van der Waals surface area contributed by atoms with E-state index in [4.69, 9.17) is 16.3 Å². The van der Waals surface area contributed by atoms with Crippen molar-refractivity contribution >= 4 is 17.4 Å². The van der Waals surface area contributed by atoms with E-state index in [1.165, 1.54) is 0 Å². The van der Waals surface area contributed by atoms with Crippen LogP contribution in [-0.4, -0.2) is 21.5 Å². The van der Waals surface area contributed by atoms with Crippen LogP contribution < -0.4 is 4.74 Å². The lowest BCUT2D eigenvalue weighted by Gasteiger charge is -2.03. The molecule has 4 nitrogen and oxygen atoms in total. The van der Waals surface area contributed by atoms with Gasteiger partial charge in [-0.25, -0.2) is 9.97 Å². The molecule has 0 unspecified atom stereocenters. The first-order valence-electron chi connectivity index (χ1n) is 5.41. The van der Waals surface area contributed by atoms with Crippen LogP contribution >= 0.6 is 11.6 Å². The van der Waals surface area contributed by atoms with Gasteiger partial charge in [-0.3, -0.25) is 4.40 Å². The molecule has 5 heteroatoms. The van der Waals surface area contributed by atoms with Crippen LogP contribution in [0.3, 0.4) is 0 Å². The fourth-order valence-corrected chi connectivity index (χ4v) is 2.05. The largest absolute Gasteiger partial charge is 0.495 e. The summed E-state index contributed by atoms with van der Waals surface area (Å²) in [5, 5.41) is 0.569.